The van der Waals surface area contributed by atoms with Crippen molar-refractivity contribution >= 4 is 37.5 Å². The van der Waals surface area contributed by atoms with Crippen molar-refractivity contribution in [3.8, 4) is 0 Å². The highest BCUT2D eigenvalue weighted by atomic mass is 79.9. The Morgan fingerprint density at radius 1 is 1.44 bits per heavy atom. The molecule has 4 heteroatoms. The SMILES string of the molecule is CCOC1CCCN(c2ccc(Br)cc2CBr)C1. The van der Waals surface area contributed by atoms with Crippen molar-refractivity contribution < 1.29 is 4.74 Å². The summed E-state index contributed by atoms with van der Waals surface area (Å²) in [5.74, 6) is 0. The quantitative estimate of drug-likeness (QED) is 0.724. The van der Waals surface area contributed by atoms with Crippen molar-refractivity contribution in [3.63, 3.8) is 0 Å². The van der Waals surface area contributed by atoms with Gasteiger partial charge in [0.1, 0.15) is 0 Å². The van der Waals surface area contributed by atoms with E-state index in [1.807, 2.05) is 0 Å². The minimum absolute atomic E-state index is 0.385. The standard InChI is InChI=1S/C14H19Br2NO/c1-2-18-13-4-3-7-17(10-13)14-6-5-12(16)8-11(14)9-15/h5-6,8,13H,2-4,7,9-10H2,1H3. The van der Waals surface area contributed by atoms with Crippen LogP contribution in [0.15, 0.2) is 22.7 Å². The summed E-state index contributed by atoms with van der Waals surface area (Å²) in [6, 6.07) is 6.51. The average Bonchev–Trinajstić information content (AvgIpc) is 2.39. The van der Waals surface area contributed by atoms with Gasteiger partial charge in [0.05, 0.1) is 6.10 Å². The average molecular weight is 377 g/mol. The van der Waals surface area contributed by atoms with Crippen molar-refractivity contribution in [2.75, 3.05) is 24.6 Å². The molecule has 0 spiro atoms. The minimum atomic E-state index is 0.385. The van der Waals surface area contributed by atoms with Crippen LogP contribution < -0.4 is 4.90 Å². The Kier molecular flexibility index (Phi) is 5.52. The van der Waals surface area contributed by atoms with E-state index in [9.17, 15) is 0 Å². The maximum atomic E-state index is 5.77. The second-order valence-corrected chi connectivity index (χ2v) is 6.05. The van der Waals surface area contributed by atoms with E-state index in [1.165, 1.54) is 24.1 Å². The zero-order valence-corrected chi connectivity index (χ0v) is 13.8. The molecule has 1 aromatic rings. The summed E-state index contributed by atoms with van der Waals surface area (Å²) in [6.45, 7) is 5.02. The molecule has 0 radical (unpaired) electrons. The van der Waals surface area contributed by atoms with Gasteiger partial charge in [-0.1, -0.05) is 31.9 Å². The molecule has 0 amide bonds. The highest BCUT2D eigenvalue weighted by Crippen LogP contribution is 2.29. The van der Waals surface area contributed by atoms with Crippen LogP contribution in [0.5, 0.6) is 0 Å². The molecule has 0 saturated carbocycles. The lowest BCUT2D eigenvalue weighted by molar-refractivity contribution is 0.0526. The van der Waals surface area contributed by atoms with Gasteiger partial charge in [0.25, 0.3) is 0 Å². The van der Waals surface area contributed by atoms with Crippen molar-refractivity contribution in [3.05, 3.63) is 28.2 Å². The third-order valence-corrected chi connectivity index (χ3v) is 4.40. The van der Waals surface area contributed by atoms with Crippen molar-refractivity contribution in [1.29, 1.82) is 0 Å². The molecule has 1 atom stereocenters. The van der Waals surface area contributed by atoms with Crippen LogP contribution in [0.2, 0.25) is 0 Å². The van der Waals surface area contributed by atoms with Gasteiger partial charge in [0.2, 0.25) is 0 Å². The zero-order valence-electron chi connectivity index (χ0n) is 10.7. The summed E-state index contributed by atoms with van der Waals surface area (Å²) in [7, 11) is 0. The molecule has 0 aromatic heterocycles. The molecule has 0 N–H and O–H groups in total. The maximum Gasteiger partial charge on any atom is 0.0750 e. The minimum Gasteiger partial charge on any atom is -0.377 e. The first-order valence-corrected chi connectivity index (χ1v) is 8.37. The van der Waals surface area contributed by atoms with Crippen LogP contribution in [0, 0.1) is 0 Å². The van der Waals surface area contributed by atoms with Gasteiger partial charge in [-0.2, -0.15) is 0 Å². The number of alkyl halides is 1. The zero-order chi connectivity index (χ0) is 13.0. The lowest BCUT2D eigenvalue weighted by Gasteiger charge is -2.35. The molecule has 1 fully saturated rings. The number of nitrogens with zero attached hydrogens (tertiary/aromatic N) is 1. The summed E-state index contributed by atoms with van der Waals surface area (Å²) in [5, 5.41) is 0.886. The summed E-state index contributed by atoms with van der Waals surface area (Å²) in [4.78, 5) is 2.45. The van der Waals surface area contributed by atoms with Gasteiger partial charge in [-0.15, -0.1) is 0 Å². The van der Waals surface area contributed by atoms with E-state index in [1.54, 1.807) is 0 Å². The largest absolute Gasteiger partial charge is 0.377 e. The third-order valence-electron chi connectivity index (χ3n) is 3.31. The Balaban J connectivity index is 2.15. The van der Waals surface area contributed by atoms with Crippen LogP contribution in [0.3, 0.4) is 0 Å². The number of halogens is 2. The van der Waals surface area contributed by atoms with E-state index in [4.69, 9.17) is 4.74 Å². The molecular weight excluding hydrogens is 358 g/mol. The molecule has 1 saturated heterocycles. The first-order valence-electron chi connectivity index (χ1n) is 6.45. The highest BCUT2D eigenvalue weighted by Gasteiger charge is 2.21. The lowest BCUT2D eigenvalue weighted by atomic mass is 10.1. The first kappa shape index (κ1) is 14.4. The van der Waals surface area contributed by atoms with E-state index in [0.29, 0.717) is 6.10 Å². The van der Waals surface area contributed by atoms with Gasteiger partial charge < -0.3 is 9.64 Å². The Morgan fingerprint density at radius 3 is 3.00 bits per heavy atom. The van der Waals surface area contributed by atoms with Gasteiger partial charge >= 0.3 is 0 Å². The maximum absolute atomic E-state index is 5.77. The molecular formula is C14H19Br2NO. The molecule has 0 aliphatic carbocycles. The smallest absolute Gasteiger partial charge is 0.0750 e. The van der Waals surface area contributed by atoms with Crippen molar-refractivity contribution in [2.24, 2.45) is 0 Å². The molecule has 1 aliphatic rings. The second-order valence-electron chi connectivity index (χ2n) is 4.57. The number of hydrogen-bond donors (Lipinski definition) is 0. The predicted octanol–water partition coefficient (Wildman–Crippen LogP) is 4.35. The van der Waals surface area contributed by atoms with Gasteiger partial charge in [0.15, 0.2) is 0 Å². The summed E-state index contributed by atoms with van der Waals surface area (Å²) >= 11 is 7.11. The first-order chi connectivity index (χ1) is 8.74. The van der Waals surface area contributed by atoms with E-state index in [2.05, 4.69) is 61.9 Å². The van der Waals surface area contributed by atoms with Crippen LogP contribution in [0.4, 0.5) is 5.69 Å². The molecule has 1 unspecified atom stereocenters. The lowest BCUT2D eigenvalue weighted by Crippen LogP contribution is -2.40. The topological polar surface area (TPSA) is 12.5 Å². The monoisotopic (exact) mass is 375 g/mol. The third kappa shape index (κ3) is 3.49. The van der Waals surface area contributed by atoms with E-state index >= 15 is 0 Å². The number of rotatable bonds is 4. The molecule has 100 valence electrons. The van der Waals surface area contributed by atoms with Crippen LogP contribution in [-0.4, -0.2) is 25.8 Å². The molecule has 1 aliphatic heterocycles. The predicted molar refractivity (Wildman–Crippen MR) is 83.6 cm³/mol. The Bertz CT molecular complexity index is 395. The van der Waals surface area contributed by atoms with Crippen LogP contribution in [-0.2, 0) is 10.1 Å². The number of benzene rings is 1. The highest BCUT2D eigenvalue weighted by molar-refractivity contribution is 9.10. The van der Waals surface area contributed by atoms with Crippen molar-refractivity contribution in [1.82, 2.24) is 0 Å². The molecule has 2 nitrogen and oxygen atoms in total. The van der Waals surface area contributed by atoms with Crippen LogP contribution in [0.25, 0.3) is 0 Å². The molecule has 0 bridgehead atoms. The second kappa shape index (κ2) is 6.92. The van der Waals surface area contributed by atoms with Crippen LogP contribution >= 0.6 is 31.9 Å². The number of hydrogen-bond acceptors (Lipinski definition) is 2. The molecule has 2 rings (SSSR count). The summed E-state index contributed by atoms with van der Waals surface area (Å²) in [6.07, 6.45) is 2.78. The van der Waals surface area contributed by atoms with Gasteiger partial charge in [0, 0.05) is 35.2 Å². The van der Waals surface area contributed by atoms with Gasteiger partial charge in [-0.05, 0) is 43.5 Å². The molecule has 18 heavy (non-hydrogen) atoms. The Hall–Kier alpha value is -0.0600. The fourth-order valence-corrected chi connectivity index (χ4v) is 3.36. The van der Waals surface area contributed by atoms with E-state index in [0.717, 1.165) is 29.5 Å². The van der Waals surface area contributed by atoms with Gasteiger partial charge in [-0.3, -0.25) is 0 Å². The number of ether oxygens (including phenoxy) is 1. The number of anilines is 1. The fraction of sp³-hybridized carbons (Fsp3) is 0.571. The normalized spacial score (nSPS) is 20.2. The van der Waals surface area contributed by atoms with E-state index < -0.39 is 0 Å². The van der Waals surface area contributed by atoms with Crippen LogP contribution in [0.1, 0.15) is 25.3 Å². The summed E-state index contributed by atoms with van der Waals surface area (Å²) < 4.78 is 6.91. The summed E-state index contributed by atoms with van der Waals surface area (Å²) in [5.41, 5.74) is 2.67. The Labute approximate surface area is 126 Å². The van der Waals surface area contributed by atoms with Crippen molar-refractivity contribution in [2.45, 2.75) is 31.2 Å². The number of piperidine rings is 1. The molecule has 1 heterocycles. The fourth-order valence-electron chi connectivity index (χ4n) is 2.50. The molecule has 1 aromatic carbocycles. The van der Waals surface area contributed by atoms with Gasteiger partial charge in [-0.25, -0.2) is 0 Å². The van der Waals surface area contributed by atoms with E-state index in [-0.39, 0.29) is 0 Å². The Morgan fingerprint density at radius 2 is 2.28 bits per heavy atom.